The van der Waals surface area contributed by atoms with Crippen molar-refractivity contribution in [3.05, 3.63) is 52.5 Å². The molecule has 1 heterocycles. The smallest absolute Gasteiger partial charge is 0.257 e. The molecule has 0 atom stereocenters. The van der Waals surface area contributed by atoms with Crippen LogP contribution in [0, 0.1) is 0 Å². The molecule has 0 spiro atoms. The number of carbonyl (C=O) groups is 1. The number of anilines is 1. The van der Waals surface area contributed by atoms with Crippen LogP contribution in [-0.4, -0.2) is 36.7 Å². The Labute approximate surface area is 183 Å². The number of carbonyl (C=O) groups excluding carboxylic acids is 1. The third-order valence-corrected chi connectivity index (χ3v) is 7.78. The average molecular weight is 496 g/mol. The molecule has 0 aliphatic carbocycles. The number of halogens is 1. The summed E-state index contributed by atoms with van der Waals surface area (Å²) in [4.78, 5) is 17.2. The van der Waals surface area contributed by atoms with E-state index in [-0.39, 0.29) is 10.8 Å². The van der Waals surface area contributed by atoms with Gasteiger partial charge in [0.1, 0.15) is 0 Å². The minimum Gasteiger partial charge on any atom is -0.298 e. The Morgan fingerprint density at radius 1 is 1.10 bits per heavy atom. The van der Waals surface area contributed by atoms with Gasteiger partial charge in [-0.3, -0.25) is 10.1 Å². The van der Waals surface area contributed by atoms with Crippen LogP contribution in [0.4, 0.5) is 5.13 Å². The van der Waals surface area contributed by atoms with Gasteiger partial charge < -0.3 is 0 Å². The molecule has 9 heteroatoms. The van der Waals surface area contributed by atoms with Crippen molar-refractivity contribution in [1.29, 1.82) is 0 Å². The van der Waals surface area contributed by atoms with Gasteiger partial charge in [0.05, 0.1) is 15.1 Å². The van der Waals surface area contributed by atoms with E-state index in [1.54, 1.807) is 0 Å². The van der Waals surface area contributed by atoms with Gasteiger partial charge in [0.2, 0.25) is 10.0 Å². The fourth-order valence-corrected chi connectivity index (χ4v) is 6.01. The lowest BCUT2D eigenvalue weighted by Gasteiger charge is -2.21. The summed E-state index contributed by atoms with van der Waals surface area (Å²) in [6, 6.07) is 11.8. The summed E-state index contributed by atoms with van der Waals surface area (Å²) in [5.41, 5.74) is 1.17. The molecular weight excluding hydrogens is 474 g/mol. The molecule has 3 aromatic rings. The molecule has 0 aliphatic rings. The Morgan fingerprint density at radius 3 is 2.34 bits per heavy atom. The van der Waals surface area contributed by atoms with Crippen LogP contribution in [0.5, 0.6) is 0 Å². The van der Waals surface area contributed by atoms with Crippen LogP contribution in [0.1, 0.15) is 37.0 Å². The summed E-state index contributed by atoms with van der Waals surface area (Å²) in [6.45, 7) is 4.86. The normalized spacial score (nSPS) is 11.9. The second-order valence-corrected chi connectivity index (χ2v) is 10.3. The molecule has 29 heavy (non-hydrogen) atoms. The number of benzene rings is 2. The first-order valence-electron chi connectivity index (χ1n) is 9.33. The van der Waals surface area contributed by atoms with E-state index in [1.165, 1.54) is 39.9 Å². The molecule has 3 rings (SSSR count). The Kier molecular flexibility index (Phi) is 7.05. The topological polar surface area (TPSA) is 79.4 Å². The number of nitrogens with zero attached hydrogens (tertiary/aromatic N) is 2. The zero-order valence-electron chi connectivity index (χ0n) is 16.2. The number of rotatable bonds is 8. The second-order valence-electron chi connectivity index (χ2n) is 6.49. The highest BCUT2D eigenvalue weighted by Crippen LogP contribution is 2.31. The molecular formula is C20H22BrN3O3S2. The second kappa shape index (κ2) is 9.34. The maximum absolute atomic E-state index is 12.8. The Hall–Kier alpha value is -1.81. The SMILES string of the molecule is CCCN(CCC)S(=O)(=O)c1ccc(C(=O)Nc2nc3c(Br)cccc3s2)cc1. The fourth-order valence-electron chi connectivity index (χ4n) is 2.92. The van der Waals surface area contributed by atoms with Crippen molar-refractivity contribution >= 4 is 58.5 Å². The standard InChI is InChI=1S/C20H22BrN3O3S2/c1-3-12-24(13-4-2)29(26,27)15-10-8-14(9-11-15)19(25)23-20-22-18-16(21)6-5-7-17(18)28-20/h5-11H,3-4,12-13H2,1-2H3,(H,22,23,25). The van der Waals surface area contributed by atoms with Gasteiger partial charge in [-0.15, -0.1) is 0 Å². The summed E-state index contributed by atoms with van der Waals surface area (Å²) in [5.74, 6) is -0.330. The lowest BCUT2D eigenvalue weighted by molar-refractivity contribution is 0.102. The number of hydrogen-bond donors (Lipinski definition) is 1. The predicted octanol–water partition coefficient (Wildman–Crippen LogP) is 5.12. The van der Waals surface area contributed by atoms with Crippen molar-refractivity contribution in [3.8, 4) is 0 Å². The van der Waals surface area contributed by atoms with Crippen molar-refractivity contribution in [2.24, 2.45) is 0 Å². The molecule has 6 nitrogen and oxygen atoms in total. The number of hydrogen-bond acceptors (Lipinski definition) is 5. The van der Waals surface area contributed by atoms with Crippen LogP contribution in [0.15, 0.2) is 51.8 Å². The molecule has 1 N–H and O–H groups in total. The lowest BCUT2D eigenvalue weighted by Crippen LogP contribution is -2.32. The van der Waals surface area contributed by atoms with Crippen LogP contribution in [0.25, 0.3) is 10.2 Å². The van der Waals surface area contributed by atoms with Gasteiger partial charge in [-0.2, -0.15) is 4.31 Å². The highest BCUT2D eigenvalue weighted by atomic mass is 79.9. The highest BCUT2D eigenvalue weighted by Gasteiger charge is 2.23. The van der Waals surface area contributed by atoms with E-state index >= 15 is 0 Å². The Balaban J connectivity index is 1.78. The number of thiazole rings is 1. The average Bonchev–Trinajstić information content (AvgIpc) is 3.12. The van der Waals surface area contributed by atoms with Crippen molar-refractivity contribution < 1.29 is 13.2 Å². The number of nitrogens with one attached hydrogen (secondary N) is 1. The molecule has 0 saturated heterocycles. The molecule has 154 valence electrons. The molecule has 1 amide bonds. The van der Waals surface area contributed by atoms with Crippen LogP contribution in [0.2, 0.25) is 0 Å². The first-order valence-corrected chi connectivity index (χ1v) is 12.4. The van der Waals surface area contributed by atoms with E-state index < -0.39 is 10.0 Å². The number of sulfonamides is 1. The van der Waals surface area contributed by atoms with E-state index in [1.807, 2.05) is 32.0 Å². The number of para-hydroxylation sites is 1. The van der Waals surface area contributed by atoms with Gasteiger partial charge in [-0.25, -0.2) is 13.4 Å². The molecule has 0 unspecified atom stereocenters. The maximum atomic E-state index is 12.8. The molecule has 0 radical (unpaired) electrons. The van der Waals surface area contributed by atoms with E-state index in [9.17, 15) is 13.2 Å². The number of aromatic nitrogens is 1. The number of amides is 1. The van der Waals surface area contributed by atoms with Gasteiger partial charge in [0.25, 0.3) is 5.91 Å². The maximum Gasteiger partial charge on any atom is 0.257 e. The first kappa shape index (κ1) is 21.9. The zero-order valence-corrected chi connectivity index (χ0v) is 19.4. The van der Waals surface area contributed by atoms with Crippen molar-refractivity contribution in [3.63, 3.8) is 0 Å². The van der Waals surface area contributed by atoms with Gasteiger partial charge in [0.15, 0.2) is 5.13 Å². The summed E-state index contributed by atoms with van der Waals surface area (Å²) in [5, 5.41) is 3.28. The molecule has 1 aromatic heterocycles. The minimum absolute atomic E-state index is 0.194. The highest BCUT2D eigenvalue weighted by molar-refractivity contribution is 9.10. The quantitative estimate of drug-likeness (QED) is 0.470. The van der Waals surface area contributed by atoms with Crippen LogP contribution < -0.4 is 5.32 Å². The Bertz CT molecular complexity index is 1110. The zero-order chi connectivity index (χ0) is 21.0. The van der Waals surface area contributed by atoms with Crippen molar-refractivity contribution in [2.75, 3.05) is 18.4 Å². The van der Waals surface area contributed by atoms with Crippen LogP contribution >= 0.6 is 27.3 Å². The summed E-state index contributed by atoms with van der Waals surface area (Å²) >= 11 is 4.83. The monoisotopic (exact) mass is 495 g/mol. The van der Waals surface area contributed by atoms with Gasteiger partial charge in [0, 0.05) is 23.1 Å². The molecule has 0 saturated carbocycles. The molecule has 2 aromatic carbocycles. The van der Waals surface area contributed by atoms with Crippen molar-refractivity contribution in [2.45, 2.75) is 31.6 Å². The lowest BCUT2D eigenvalue weighted by atomic mass is 10.2. The summed E-state index contributed by atoms with van der Waals surface area (Å²) in [6.07, 6.45) is 1.50. The molecule has 0 bridgehead atoms. The third-order valence-electron chi connectivity index (χ3n) is 4.29. The predicted molar refractivity (Wildman–Crippen MR) is 121 cm³/mol. The van der Waals surface area contributed by atoms with Crippen LogP contribution in [0.3, 0.4) is 0 Å². The number of fused-ring (bicyclic) bond motifs is 1. The third kappa shape index (κ3) is 4.85. The molecule has 0 aliphatic heterocycles. The van der Waals surface area contributed by atoms with Crippen LogP contribution in [-0.2, 0) is 10.0 Å². The fraction of sp³-hybridized carbons (Fsp3) is 0.300. The molecule has 0 fully saturated rings. The van der Waals surface area contributed by atoms with E-state index in [4.69, 9.17) is 0 Å². The van der Waals surface area contributed by atoms with E-state index in [0.29, 0.717) is 23.8 Å². The van der Waals surface area contributed by atoms with Gasteiger partial charge in [-0.1, -0.05) is 31.3 Å². The summed E-state index contributed by atoms with van der Waals surface area (Å²) in [7, 11) is -3.56. The minimum atomic E-state index is -3.56. The Morgan fingerprint density at radius 2 is 1.76 bits per heavy atom. The van der Waals surface area contributed by atoms with Gasteiger partial charge >= 0.3 is 0 Å². The van der Waals surface area contributed by atoms with Gasteiger partial charge in [-0.05, 0) is 65.2 Å². The van der Waals surface area contributed by atoms with E-state index in [0.717, 1.165) is 27.5 Å². The largest absolute Gasteiger partial charge is 0.298 e. The first-order chi connectivity index (χ1) is 13.9. The van der Waals surface area contributed by atoms with Crippen molar-refractivity contribution in [1.82, 2.24) is 9.29 Å². The van der Waals surface area contributed by atoms with E-state index in [2.05, 4.69) is 26.2 Å². The summed E-state index contributed by atoms with van der Waals surface area (Å²) < 4.78 is 29.0.